The number of carbonyl (C=O) groups is 2. The zero-order valence-electron chi connectivity index (χ0n) is 23.6. The van der Waals surface area contributed by atoms with Crippen LogP contribution in [0.2, 0.25) is 0 Å². The van der Waals surface area contributed by atoms with E-state index in [1.807, 2.05) is 97.1 Å². The van der Waals surface area contributed by atoms with Crippen LogP contribution in [-0.4, -0.2) is 42.5 Å². The van der Waals surface area contributed by atoms with E-state index >= 15 is 0 Å². The smallest absolute Gasteiger partial charge is 0.261 e. The Kier molecular flexibility index (Phi) is 9.53. The molecule has 41 heavy (non-hydrogen) atoms. The summed E-state index contributed by atoms with van der Waals surface area (Å²) in [6.07, 6.45) is 5.77. The van der Waals surface area contributed by atoms with Crippen LogP contribution >= 0.6 is 0 Å². The number of ether oxygens (including phenoxy) is 2. The molecule has 2 amide bonds. The van der Waals surface area contributed by atoms with Crippen molar-refractivity contribution in [2.24, 2.45) is 0 Å². The second-order valence-electron chi connectivity index (χ2n) is 10.7. The predicted molar refractivity (Wildman–Crippen MR) is 162 cm³/mol. The number of amides is 2. The second-order valence-corrected chi connectivity index (χ2v) is 10.7. The van der Waals surface area contributed by atoms with Gasteiger partial charge in [-0.2, -0.15) is 0 Å². The zero-order chi connectivity index (χ0) is 28.4. The van der Waals surface area contributed by atoms with Gasteiger partial charge in [0.15, 0.2) is 6.61 Å². The van der Waals surface area contributed by atoms with Crippen molar-refractivity contribution >= 4 is 22.6 Å². The maximum absolute atomic E-state index is 14.0. The number of rotatable bonds is 11. The molecule has 0 aromatic heterocycles. The van der Waals surface area contributed by atoms with Gasteiger partial charge in [-0.3, -0.25) is 9.59 Å². The third kappa shape index (κ3) is 7.46. The number of nitrogens with zero attached hydrogens (tertiary/aromatic N) is 1. The van der Waals surface area contributed by atoms with Gasteiger partial charge in [0.25, 0.3) is 5.91 Å². The molecule has 1 aliphatic carbocycles. The van der Waals surface area contributed by atoms with E-state index in [0.717, 1.165) is 47.6 Å². The summed E-state index contributed by atoms with van der Waals surface area (Å²) >= 11 is 0. The first-order valence-corrected chi connectivity index (χ1v) is 14.5. The molecule has 4 aromatic rings. The predicted octanol–water partition coefficient (Wildman–Crippen LogP) is 6.32. The van der Waals surface area contributed by atoms with E-state index in [9.17, 15) is 9.59 Å². The number of hydrogen-bond acceptors (Lipinski definition) is 4. The van der Waals surface area contributed by atoms with Crippen LogP contribution in [0, 0.1) is 0 Å². The van der Waals surface area contributed by atoms with Crippen molar-refractivity contribution in [3.05, 3.63) is 108 Å². The van der Waals surface area contributed by atoms with Crippen LogP contribution in [0.3, 0.4) is 0 Å². The second kappa shape index (κ2) is 13.8. The molecule has 1 fully saturated rings. The standard InChI is InChI=1S/C35H38N2O4/c1-40-30-19-10-14-27(22-30)24-37(34(38)25-41-33-21-11-16-28-15-8-9-20-31(28)33)32(23-26-12-4-2-5-13-26)35(39)36-29-17-6-3-7-18-29/h2,4-5,8-16,19-22,29,32H,3,6-7,17-18,23-25H2,1H3,(H,36,39)/t32-/m1/s1. The molecule has 1 atom stereocenters. The van der Waals surface area contributed by atoms with Gasteiger partial charge in [-0.1, -0.05) is 98.1 Å². The molecule has 1 aliphatic rings. The number of fused-ring (bicyclic) bond motifs is 1. The van der Waals surface area contributed by atoms with E-state index in [-0.39, 0.29) is 31.0 Å². The lowest BCUT2D eigenvalue weighted by Gasteiger charge is -2.33. The molecule has 6 nitrogen and oxygen atoms in total. The zero-order valence-corrected chi connectivity index (χ0v) is 23.6. The summed E-state index contributed by atoms with van der Waals surface area (Å²) in [5.74, 6) is 0.972. The van der Waals surface area contributed by atoms with Crippen molar-refractivity contribution in [1.29, 1.82) is 0 Å². The Morgan fingerprint density at radius 2 is 1.56 bits per heavy atom. The molecule has 212 valence electrons. The van der Waals surface area contributed by atoms with E-state index in [1.54, 1.807) is 12.0 Å². The summed E-state index contributed by atoms with van der Waals surface area (Å²) in [4.78, 5) is 29.7. The average Bonchev–Trinajstić information content (AvgIpc) is 3.02. The minimum absolute atomic E-state index is 0.123. The minimum atomic E-state index is -0.700. The highest BCUT2D eigenvalue weighted by Gasteiger charge is 2.32. The van der Waals surface area contributed by atoms with E-state index in [2.05, 4.69) is 5.32 Å². The lowest BCUT2D eigenvalue weighted by Crippen LogP contribution is -2.53. The molecule has 0 radical (unpaired) electrons. The van der Waals surface area contributed by atoms with Crippen LogP contribution in [0.25, 0.3) is 10.8 Å². The SMILES string of the molecule is COc1cccc(CN(C(=O)COc2cccc3ccccc23)[C@H](Cc2ccccc2)C(=O)NC2CCCCC2)c1. The number of hydrogen-bond donors (Lipinski definition) is 1. The molecule has 1 saturated carbocycles. The molecule has 0 spiro atoms. The van der Waals surface area contributed by atoms with Crippen LogP contribution < -0.4 is 14.8 Å². The average molecular weight is 551 g/mol. The van der Waals surface area contributed by atoms with Crippen LogP contribution in [0.15, 0.2) is 97.1 Å². The van der Waals surface area contributed by atoms with Gasteiger partial charge in [0, 0.05) is 24.4 Å². The summed E-state index contributed by atoms with van der Waals surface area (Å²) in [6, 6.07) is 30.7. The van der Waals surface area contributed by atoms with Crippen LogP contribution in [-0.2, 0) is 22.6 Å². The molecular formula is C35H38N2O4. The Hall–Kier alpha value is -4.32. The Bertz CT molecular complexity index is 1440. The largest absolute Gasteiger partial charge is 0.497 e. The molecule has 1 N–H and O–H groups in total. The molecule has 6 heteroatoms. The molecule has 5 rings (SSSR count). The highest BCUT2D eigenvalue weighted by molar-refractivity contribution is 5.90. The molecule has 0 saturated heterocycles. The highest BCUT2D eigenvalue weighted by atomic mass is 16.5. The van der Waals surface area contributed by atoms with Crippen molar-refractivity contribution in [2.75, 3.05) is 13.7 Å². The van der Waals surface area contributed by atoms with Gasteiger partial charge < -0.3 is 19.7 Å². The Balaban J connectivity index is 1.44. The Labute approximate surface area is 242 Å². The first kappa shape index (κ1) is 28.2. The van der Waals surface area contributed by atoms with E-state index in [4.69, 9.17) is 9.47 Å². The van der Waals surface area contributed by atoms with Gasteiger partial charge in [0.2, 0.25) is 5.91 Å². The van der Waals surface area contributed by atoms with Crippen molar-refractivity contribution < 1.29 is 19.1 Å². The van der Waals surface area contributed by atoms with Gasteiger partial charge in [0.1, 0.15) is 17.5 Å². The van der Waals surface area contributed by atoms with Crippen molar-refractivity contribution in [3.8, 4) is 11.5 Å². The lowest BCUT2D eigenvalue weighted by molar-refractivity contribution is -0.143. The quantitative estimate of drug-likeness (QED) is 0.237. The summed E-state index contributed by atoms with van der Waals surface area (Å²) < 4.78 is 11.6. The number of methoxy groups -OCH3 is 1. The number of nitrogens with one attached hydrogen (secondary N) is 1. The van der Waals surface area contributed by atoms with Crippen molar-refractivity contribution in [3.63, 3.8) is 0 Å². The molecule has 4 aromatic carbocycles. The maximum Gasteiger partial charge on any atom is 0.261 e. The summed E-state index contributed by atoms with van der Waals surface area (Å²) in [6.45, 7) is 0.0739. The van der Waals surface area contributed by atoms with Gasteiger partial charge in [-0.05, 0) is 47.6 Å². The van der Waals surface area contributed by atoms with Gasteiger partial charge in [0.05, 0.1) is 7.11 Å². The molecule has 0 heterocycles. The number of carbonyl (C=O) groups excluding carboxylic acids is 2. The third-order valence-corrected chi connectivity index (χ3v) is 7.81. The van der Waals surface area contributed by atoms with E-state index in [0.29, 0.717) is 17.9 Å². The first-order valence-electron chi connectivity index (χ1n) is 14.5. The summed E-state index contributed by atoms with van der Waals surface area (Å²) in [7, 11) is 1.62. The molecule has 0 aliphatic heterocycles. The summed E-state index contributed by atoms with van der Waals surface area (Å²) in [5.41, 5.74) is 1.88. The van der Waals surface area contributed by atoms with Gasteiger partial charge >= 0.3 is 0 Å². The fourth-order valence-corrected chi connectivity index (χ4v) is 5.61. The summed E-state index contributed by atoms with van der Waals surface area (Å²) in [5, 5.41) is 5.27. The lowest BCUT2D eigenvalue weighted by atomic mass is 9.94. The highest BCUT2D eigenvalue weighted by Crippen LogP contribution is 2.26. The fourth-order valence-electron chi connectivity index (χ4n) is 5.61. The fraction of sp³-hybridized carbons (Fsp3) is 0.314. The van der Waals surface area contributed by atoms with Gasteiger partial charge in [-0.25, -0.2) is 0 Å². The molecular weight excluding hydrogens is 512 g/mol. The third-order valence-electron chi connectivity index (χ3n) is 7.81. The first-order chi connectivity index (χ1) is 20.1. The normalized spacial score (nSPS) is 14.3. The van der Waals surface area contributed by atoms with Crippen molar-refractivity contribution in [2.45, 2.75) is 57.2 Å². The van der Waals surface area contributed by atoms with Gasteiger partial charge in [-0.15, -0.1) is 0 Å². The van der Waals surface area contributed by atoms with Crippen LogP contribution in [0.1, 0.15) is 43.2 Å². The maximum atomic E-state index is 14.0. The Morgan fingerprint density at radius 1 is 0.854 bits per heavy atom. The monoisotopic (exact) mass is 550 g/mol. The van der Waals surface area contributed by atoms with Crippen molar-refractivity contribution in [1.82, 2.24) is 10.2 Å². The molecule has 0 bridgehead atoms. The topological polar surface area (TPSA) is 67.9 Å². The Morgan fingerprint density at radius 3 is 2.37 bits per heavy atom. The van der Waals surface area contributed by atoms with Crippen LogP contribution in [0.5, 0.6) is 11.5 Å². The molecule has 0 unspecified atom stereocenters. The number of benzene rings is 4. The van der Waals surface area contributed by atoms with Crippen LogP contribution in [0.4, 0.5) is 0 Å². The minimum Gasteiger partial charge on any atom is -0.497 e. The van der Waals surface area contributed by atoms with E-state index in [1.165, 1.54) is 6.42 Å². The van der Waals surface area contributed by atoms with E-state index < -0.39 is 6.04 Å².